The summed E-state index contributed by atoms with van der Waals surface area (Å²) in [7, 11) is 0. The maximum atomic E-state index is 7.74. The van der Waals surface area contributed by atoms with Crippen molar-refractivity contribution in [1.82, 2.24) is 0 Å². The standard InChI is InChI=1S/C30H34N2/c1-21-4-5-22(2)30(18-21)32-20-25-8-12-27(13-9-25)29-16-14-28(15-17-29)26-10-6-24(7-11-26)19-23(3)31/h4-5,8-9,12-18,20,24,26,31H,6-7,10-11,19H2,1-3H3. The Morgan fingerprint density at radius 3 is 2.12 bits per heavy atom. The number of aliphatic imine (C=N–C) groups is 1. The molecule has 1 fully saturated rings. The summed E-state index contributed by atoms with van der Waals surface area (Å²) in [6.07, 6.45) is 7.96. The third kappa shape index (κ3) is 5.62. The zero-order chi connectivity index (χ0) is 22.5. The fraction of sp³-hybridized carbons (Fsp3) is 0.333. The summed E-state index contributed by atoms with van der Waals surface area (Å²) >= 11 is 0. The molecule has 1 aliphatic rings. The minimum absolute atomic E-state index is 0.676. The van der Waals surface area contributed by atoms with Crippen LogP contribution in [0.1, 0.15) is 67.2 Å². The van der Waals surface area contributed by atoms with Crippen molar-refractivity contribution in [3.63, 3.8) is 0 Å². The lowest BCUT2D eigenvalue weighted by Gasteiger charge is -2.28. The molecule has 32 heavy (non-hydrogen) atoms. The molecule has 0 atom stereocenters. The van der Waals surface area contributed by atoms with Crippen LogP contribution in [0.15, 0.2) is 71.7 Å². The van der Waals surface area contributed by atoms with E-state index in [-0.39, 0.29) is 0 Å². The van der Waals surface area contributed by atoms with Crippen LogP contribution in [-0.2, 0) is 0 Å². The van der Waals surface area contributed by atoms with Gasteiger partial charge in [0.25, 0.3) is 0 Å². The van der Waals surface area contributed by atoms with Crippen molar-refractivity contribution in [2.45, 2.75) is 58.8 Å². The van der Waals surface area contributed by atoms with E-state index in [4.69, 9.17) is 5.41 Å². The van der Waals surface area contributed by atoms with Crippen LogP contribution in [0.25, 0.3) is 11.1 Å². The minimum Gasteiger partial charge on any atom is -0.310 e. The summed E-state index contributed by atoms with van der Waals surface area (Å²) in [5.41, 5.74) is 9.38. The molecular weight excluding hydrogens is 388 g/mol. The second-order valence-corrected chi connectivity index (χ2v) is 9.49. The molecule has 0 radical (unpaired) electrons. The third-order valence-corrected chi connectivity index (χ3v) is 6.79. The number of rotatable bonds is 6. The van der Waals surface area contributed by atoms with E-state index in [1.54, 1.807) is 0 Å². The Kier molecular flexibility index (Phi) is 6.99. The molecule has 4 rings (SSSR count). The van der Waals surface area contributed by atoms with Crippen LogP contribution in [0.2, 0.25) is 0 Å². The molecule has 0 saturated heterocycles. The van der Waals surface area contributed by atoms with Crippen molar-refractivity contribution in [2.24, 2.45) is 10.9 Å². The van der Waals surface area contributed by atoms with Gasteiger partial charge in [-0.2, -0.15) is 0 Å². The maximum absolute atomic E-state index is 7.74. The SMILES string of the molecule is CC(=N)CC1CCC(c2ccc(-c3ccc(C=Nc4cc(C)ccc4C)cc3)cc2)CC1. The normalized spacial score (nSPS) is 18.7. The Bertz CT molecular complexity index is 1080. The first-order valence-electron chi connectivity index (χ1n) is 11.8. The van der Waals surface area contributed by atoms with Crippen LogP contribution in [0.3, 0.4) is 0 Å². The Balaban J connectivity index is 1.39. The van der Waals surface area contributed by atoms with Crippen molar-refractivity contribution in [2.75, 3.05) is 0 Å². The molecule has 3 aromatic carbocycles. The number of nitrogens with one attached hydrogen (secondary N) is 1. The van der Waals surface area contributed by atoms with E-state index in [2.05, 4.69) is 85.6 Å². The van der Waals surface area contributed by atoms with Gasteiger partial charge in [-0.05, 0) is 104 Å². The van der Waals surface area contributed by atoms with E-state index in [0.29, 0.717) is 5.92 Å². The molecule has 0 aromatic heterocycles. The van der Waals surface area contributed by atoms with Gasteiger partial charge in [-0.3, -0.25) is 4.99 Å². The van der Waals surface area contributed by atoms with Gasteiger partial charge in [-0.25, -0.2) is 0 Å². The first kappa shape index (κ1) is 22.2. The van der Waals surface area contributed by atoms with E-state index in [1.165, 1.54) is 53.5 Å². The lowest BCUT2D eigenvalue weighted by molar-refractivity contribution is 0.333. The minimum atomic E-state index is 0.676. The summed E-state index contributed by atoms with van der Waals surface area (Å²) in [5.74, 6) is 1.40. The average molecular weight is 423 g/mol. The predicted molar refractivity (Wildman–Crippen MR) is 138 cm³/mol. The van der Waals surface area contributed by atoms with Crippen molar-refractivity contribution in [3.8, 4) is 11.1 Å². The second kappa shape index (κ2) is 10.1. The smallest absolute Gasteiger partial charge is 0.0661 e. The number of aryl methyl sites for hydroxylation is 2. The van der Waals surface area contributed by atoms with E-state index in [1.807, 2.05) is 13.1 Å². The highest BCUT2D eigenvalue weighted by Gasteiger charge is 2.22. The van der Waals surface area contributed by atoms with Crippen LogP contribution in [0.5, 0.6) is 0 Å². The molecule has 1 saturated carbocycles. The topological polar surface area (TPSA) is 36.2 Å². The molecule has 0 amide bonds. The van der Waals surface area contributed by atoms with Crippen LogP contribution >= 0.6 is 0 Å². The molecular formula is C30H34N2. The molecule has 164 valence electrons. The van der Waals surface area contributed by atoms with Crippen molar-refractivity contribution in [3.05, 3.63) is 89.0 Å². The molecule has 0 heterocycles. The van der Waals surface area contributed by atoms with Crippen molar-refractivity contribution < 1.29 is 0 Å². The molecule has 0 aliphatic heterocycles. The quantitative estimate of drug-likeness (QED) is 0.387. The van der Waals surface area contributed by atoms with Gasteiger partial charge in [0.15, 0.2) is 0 Å². The molecule has 0 unspecified atom stereocenters. The summed E-state index contributed by atoms with van der Waals surface area (Å²) in [4.78, 5) is 4.69. The number of hydrogen-bond donors (Lipinski definition) is 1. The van der Waals surface area contributed by atoms with E-state index in [9.17, 15) is 0 Å². The van der Waals surface area contributed by atoms with Gasteiger partial charge in [0.1, 0.15) is 0 Å². The number of benzene rings is 3. The largest absolute Gasteiger partial charge is 0.310 e. The summed E-state index contributed by atoms with van der Waals surface area (Å²) in [5, 5.41) is 7.74. The van der Waals surface area contributed by atoms with Gasteiger partial charge in [-0.15, -0.1) is 0 Å². The first-order valence-corrected chi connectivity index (χ1v) is 11.8. The molecule has 0 bridgehead atoms. The summed E-state index contributed by atoms with van der Waals surface area (Å²) in [6.45, 7) is 6.14. The molecule has 2 nitrogen and oxygen atoms in total. The Morgan fingerprint density at radius 1 is 0.875 bits per heavy atom. The molecule has 1 N–H and O–H groups in total. The lowest BCUT2D eigenvalue weighted by atomic mass is 9.77. The fourth-order valence-electron chi connectivity index (χ4n) is 4.84. The van der Waals surface area contributed by atoms with Gasteiger partial charge in [0.05, 0.1) is 5.69 Å². The first-order chi connectivity index (χ1) is 15.5. The molecule has 3 aromatic rings. The van der Waals surface area contributed by atoms with Crippen molar-refractivity contribution >= 4 is 17.6 Å². The third-order valence-electron chi connectivity index (χ3n) is 6.79. The van der Waals surface area contributed by atoms with Crippen LogP contribution < -0.4 is 0 Å². The van der Waals surface area contributed by atoms with Crippen LogP contribution in [0, 0.1) is 25.2 Å². The van der Waals surface area contributed by atoms with Crippen molar-refractivity contribution in [1.29, 1.82) is 5.41 Å². The lowest BCUT2D eigenvalue weighted by Crippen LogP contribution is -2.15. The van der Waals surface area contributed by atoms with E-state index in [0.717, 1.165) is 29.3 Å². The second-order valence-electron chi connectivity index (χ2n) is 9.49. The van der Waals surface area contributed by atoms with Crippen LogP contribution in [-0.4, -0.2) is 11.9 Å². The van der Waals surface area contributed by atoms with Gasteiger partial charge in [-0.1, -0.05) is 60.7 Å². The fourth-order valence-corrected chi connectivity index (χ4v) is 4.84. The number of nitrogens with zero attached hydrogens (tertiary/aromatic N) is 1. The molecule has 2 heteroatoms. The highest BCUT2D eigenvalue weighted by Crippen LogP contribution is 2.37. The highest BCUT2D eigenvalue weighted by molar-refractivity contribution is 5.83. The highest BCUT2D eigenvalue weighted by atomic mass is 14.7. The van der Waals surface area contributed by atoms with Gasteiger partial charge >= 0.3 is 0 Å². The zero-order valence-electron chi connectivity index (χ0n) is 19.6. The Morgan fingerprint density at radius 2 is 1.50 bits per heavy atom. The van der Waals surface area contributed by atoms with E-state index < -0.39 is 0 Å². The molecule has 0 spiro atoms. The Labute approximate surface area is 192 Å². The molecule has 1 aliphatic carbocycles. The number of hydrogen-bond acceptors (Lipinski definition) is 2. The van der Waals surface area contributed by atoms with Gasteiger partial charge in [0, 0.05) is 11.9 Å². The Hall–Kier alpha value is -3.00. The maximum Gasteiger partial charge on any atom is 0.0661 e. The summed E-state index contributed by atoms with van der Waals surface area (Å²) < 4.78 is 0. The van der Waals surface area contributed by atoms with Crippen LogP contribution in [0.4, 0.5) is 5.69 Å². The van der Waals surface area contributed by atoms with Gasteiger partial charge < -0.3 is 5.41 Å². The van der Waals surface area contributed by atoms with E-state index >= 15 is 0 Å². The van der Waals surface area contributed by atoms with Gasteiger partial charge in [0.2, 0.25) is 0 Å². The average Bonchev–Trinajstić information content (AvgIpc) is 2.80. The monoisotopic (exact) mass is 422 g/mol. The zero-order valence-corrected chi connectivity index (χ0v) is 19.6. The predicted octanol–water partition coefficient (Wildman–Crippen LogP) is 8.42. The summed E-state index contributed by atoms with van der Waals surface area (Å²) in [6, 6.07) is 24.2.